The number of hydrogen-bond donors (Lipinski definition) is 0. The molecule has 0 aliphatic carbocycles. The Labute approximate surface area is 187 Å². The van der Waals surface area contributed by atoms with Crippen LogP contribution in [0.25, 0.3) is 0 Å². The first kappa shape index (κ1) is 23.0. The Morgan fingerprint density at radius 2 is 1.28 bits per heavy atom. The topological polar surface area (TPSA) is 92.7 Å². The van der Waals surface area contributed by atoms with Gasteiger partial charge in [-0.3, -0.25) is 4.99 Å². The fourth-order valence-corrected chi connectivity index (χ4v) is 3.76. The first-order chi connectivity index (χ1) is 15.4. The molecule has 9 heteroatoms. The maximum absolute atomic E-state index is 12.4. The normalized spacial score (nSPS) is 11.2. The van der Waals surface area contributed by atoms with E-state index in [1.165, 1.54) is 52.7 Å². The largest absolute Gasteiger partial charge is 0.497 e. The van der Waals surface area contributed by atoms with Crippen LogP contribution in [0.4, 0.5) is 5.69 Å². The highest BCUT2D eigenvalue weighted by molar-refractivity contribution is 7.87. The smallest absolute Gasteiger partial charge is 0.339 e. The number of methoxy groups -OCH3 is 4. The minimum Gasteiger partial charge on any atom is -0.497 e. The molecule has 3 rings (SSSR count). The average Bonchev–Trinajstić information content (AvgIpc) is 2.82. The number of nitrogens with zero attached hydrogens (tertiary/aromatic N) is 1. The molecule has 0 aliphatic rings. The summed E-state index contributed by atoms with van der Waals surface area (Å²) in [5.41, 5.74) is 1.34. The molecule has 0 saturated carbocycles. The van der Waals surface area contributed by atoms with Crippen LogP contribution in [-0.4, -0.2) is 43.1 Å². The van der Waals surface area contributed by atoms with Crippen molar-refractivity contribution in [3.63, 3.8) is 0 Å². The minimum atomic E-state index is -3.96. The van der Waals surface area contributed by atoms with Gasteiger partial charge in [0.05, 0.1) is 34.1 Å². The van der Waals surface area contributed by atoms with Crippen molar-refractivity contribution < 1.29 is 31.5 Å². The summed E-state index contributed by atoms with van der Waals surface area (Å²) < 4.78 is 51.1. The van der Waals surface area contributed by atoms with E-state index in [0.717, 1.165) is 5.56 Å². The monoisotopic (exact) mass is 457 g/mol. The van der Waals surface area contributed by atoms with Crippen LogP contribution in [0.3, 0.4) is 0 Å². The van der Waals surface area contributed by atoms with Crippen molar-refractivity contribution in [2.24, 2.45) is 4.99 Å². The maximum Gasteiger partial charge on any atom is 0.339 e. The third-order valence-corrected chi connectivity index (χ3v) is 5.70. The molecule has 0 aromatic heterocycles. The van der Waals surface area contributed by atoms with Gasteiger partial charge in [-0.25, -0.2) is 0 Å². The zero-order chi connectivity index (χ0) is 23.1. The summed E-state index contributed by atoms with van der Waals surface area (Å²) in [7, 11) is 2.16. The molecule has 0 bridgehead atoms. The Bertz CT molecular complexity index is 1160. The van der Waals surface area contributed by atoms with Crippen LogP contribution in [-0.2, 0) is 10.1 Å². The van der Waals surface area contributed by atoms with Gasteiger partial charge in [0.15, 0.2) is 11.5 Å². The lowest BCUT2D eigenvalue weighted by molar-refractivity contribution is 0.324. The van der Waals surface area contributed by atoms with Crippen LogP contribution in [0.15, 0.2) is 70.6 Å². The molecular formula is C23H23NO7S. The van der Waals surface area contributed by atoms with Crippen molar-refractivity contribution in [2.45, 2.75) is 4.90 Å². The van der Waals surface area contributed by atoms with Gasteiger partial charge in [-0.15, -0.1) is 0 Å². The zero-order valence-corrected chi connectivity index (χ0v) is 18.9. The lowest BCUT2D eigenvalue weighted by Gasteiger charge is -2.12. The third kappa shape index (κ3) is 5.30. The van der Waals surface area contributed by atoms with Crippen molar-refractivity contribution in [1.82, 2.24) is 0 Å². The van der Waals surface area contributed by atoms with Crippen molar-refractivity contribution in [1.29, 1.82) is 0 Å². The fourth-order valence-electron chi connectivity index (χ4n) is 2.83. The molecule has 32 heavy (non-hydrogen) atoms. The van der Waals surface area contributed by atoms with E-state index < -0.39 is 10.1 Å². The first-order valence-electron chi connectivity index (χ1n) is 9.43. The summed E-state index contributed by atoms with van der Waals surface area (Å²) in [5.74, 6) is 2.25. The number of ether oxygens (including phenoxy) is 4. The molecule has 0 amide bonds. The molecule has 0 fully saturated rings. The molecule has 0 N–H and O–H groups in total. The second-order valence-electron chi connectivity index (χ2n) is 6.42. The highest BCUT2D eigenvalue weighted by atomic mass is 32.2. The Kier molecular flexibility index (Phi) is 7.21. The van der Waals surface area contributed by atoms with Crippen molar-refractivity contribution >= 4 is 22.0 Å². The van der Waals surface area contributed by atoms with E-state index in [9.17, 15) is 8.42 Å². The fraction of sp³-hybridized carbons (Fsp3) is 0.174. The predicted octanol–water partition coefficient (Wildman–Crippen LogP) is 4.24. The van der Waals surface area contributed by atoms with Gasteiger partial charge in [0, 0.05) is 11.8 Å². The average molecular weight is 458 g/mol. The second kappa shape index (κ2) is 10.1. The highest BCUT2D eigenvalue weighted by Gasteiger charge is 2.17. The van der Waals surface area contributed by atoms with Crippen molar-refractivity contribution in [3.05, 3.63) is 66.2 Å². The van der Waals surface area contributed by atoms with Crippen LogP contribution in [0.1, 0.15) is 5.56 Å². The minimum absolute atomic E-state index is 0.0304. The van der Waals surface area contributed by atoms with Crippen LogP contribution in [0.5, 0.6) is 28.7 Å². The third-order valence-electron chi connectivity index (χ3n) is 4.44. The Hall–Kier alpha value is -3.72. The SMILES string of the molecule is COc1ccc(S(=O)(=O)Oc2ccc(N=Cc3cc(OC)c(OC)c(OC)c3)cc2)cc1. The van der Waals surface area contributed by atoms with Crippen LogP contribution in [0.2, 0.25) is 0 Å². The molecule has 3 aromatic carbocycles. The standard InChI is InChI=1S/C23H23NO7S/c1-27-18-9-11-20(12-10-18)32(25,26)31-19-7-5-17(6-8-19)24-15-16-13-21(28-2)23(30-4)22(14-16)29-3/h5-15H,1-4H3. The number of benzene rings is 3. The van der Waals surface area contributed by atoms with E-state index in [1.807, 2.05) is 0 Å². The second-order valence-corrected chi connectivity index (χ2v) is 7.97. The zero-order valence-electron chi connectivity index (χ0n) is 18.1. The molecule has 168 valence electrons. The molecule has 8 nitrogen and oxygen atoms in total. The van der Waals surface area contributed by atoms with Gasteiger partial charge in [0.25, 0.3) is 0 Å². The molecule has 0 unspecified atom stereocenters. The summed E-state index contributed by atoms with van der Waals surface area (Å²) in [5, 5.41) is 0. The summed E-state index contributed by atoms with van der Waals surface area (Å²) in [4.78, 5) is 4.43. The molecule has 0 atom stereocenters. The maximum atomic E-state index is 12.4. The van der Waals surface area contributed by atoms with Crippen LogP contribution < -0.4 is 23.1 Å². The predicted molar refractivity (Wildman–Crippen MR) is 121 cm³/mol. The van der Waals surface area contributed by atoms with Gasteiger partial charge in [-0.2, -0.15) is 8.42 Å². The Morgan fingerprint density at radius 3 is 1.78 bits per heavy atom. The molecule has 0 spiro atoms. The van der Waals surface area contributed by atoms with E-state index in [2.05, 4.69) is 4.99 Å². The van der Waals surface area contributed by atoms with Gasteiger partial charge in [-0.1, -0.05) is 0 Å². The van der Waals surface area contributed by atoms with Gasteiger partial charge >= 0.3 is 10.1 Å². The number of rotatable bonds is 9. The Morgan fingerprint density at radius 1 is 0.719 bits per heavy atom. The van der Waals surface area contributed by atoms with E-state index >= 15 is 0 Å². The highest BCUT2D eigenvalue weighted by Crippen LogP contribution is 2.37. The van der Waals surface area contributed by atoms with E-state index in [0.29, 0.717) is 28.7 Å². The van der Waals surface area contributed by atoms with Crippen LogP contribution >= 0.6 is 0 Å². The van der Waals surface area contributed by atoms with Gasteiger partial charge < -0.3 is 23.1 Å². The van der Waals surface area contributed by atoms with E-state index in [1.54, 1.807) is 42.6 Å². The summed E-state index contributed by atoms with van der Waals surface area (Å²) in [6.07, 6.45) is 1.63. The van der Waals surface area contributed by atoms with Gasteiger partial charge in [-0.05, 0) is 60.7 Å². The lowest BCUT2D eigenvalue weighted by Crippen LogP contribution is -2.09. The molecular weight excluding hydrogens is 434 g/mol. The lowest BCUT2D eigenvalue weighted by atomic mass is 10.2. The summed E-state index contributed by atoms with van der Waals surface area (Å²) in [6.45, 7) is 0. The van der Waals surface area contributed by atoms with E-state index in [-0.39, 0.29) is 10.6 Å². The Balaban J connectivity index is 1.75. The molecule has 0 saturated heterocycles. The van der Waals surface area contributed by atoms with Gasteiger partial charge in [0.2, 0.25) is 5.75 Å². The number of aliphatic imine (C=N–C) groups is 1. The van der Waals surface area contributed by atoms with Gasteiger partial charge in [0.1, 0.15) is 16.4 Å². The van der Waals surface area contributed by atoms with E-state index in [4.69, 9.17) is 23.1 Å². The van der Waals surface area contributed by atoms with Crippen LogP contribution in [0, 0.1) is 0 Å². The molecule has 0 aliphatic heterocycles. The quantitative estimate of drug-likeness (QED) is 0.350. The van der Waals surface area contributed by atoms with Crippen molar-refractivity contribution in [2.75, 3.05) is 28.4 Å². The molecule has 0 heterocycles. The molecule has 3 aromatic rings. The summed E-state index contributed by atoms with van der Waals surface area (Å²) in [6, 6.07) is 15.8. The summed E-state index contributed by atoms with van der Waals surface area (Å²) >= 11 is 0. The molecule has 0 radical (unpaired) electrons. The van der Waals surface area contributed by atoms with Crippen molar-refractivity contribution in [3.8, 4) is 28.7 Å². The first-order valence-corrected chi connectivity index (χ1v) is 10.8. The number of hydrogen-bond acceptors (Lipinski definition) is 8.